The number of aliphatic carboxylic acids is 1. The number of hydrogen-bond acceptors (Lipinski definition) is 3. The number of carboxylic acids is 1. The maximum atomic E-state index is 14.2. The number of amides is 1. The highest BCUT2D eigenvalue weighted by atomic mass is 35.5. The first-order chi connectivity index (χ1) is 18.7. The molecule has 0 unspecified atom stereocenters. The normalized spacial score (nSPS) is 19.3. The first-order valence-electron chi connectivity index (χ1n) is 13.3. The van der Waals surface area contributed by atoms with Gasteiger partial charge < -0.3 is 10.0 Å². The number of anilines is 1. The van der Waals surface area contributed by atoms with E-state index in [1.54, 1.807) is 23.1 Å². The van der Waals surface area contributed by atoms with Gasteiger partial charge in [0.05, 0.1) is 12.5 Å². The standard InChI is InChI=1S/C31H33ClF2N2O3/c1-3-5-15-36(24-8-6-7-23(32)17-24)28(37)19-35-18-25(22-13-14-26(33)27(34)16-22)29(31(38)39)30(35)21-11-9-20(4-2)10-12-21/h6-14,16-17,25,29-30H,3-5,15,18-19H2,1-2H3,(H,38,39)/t25-,29+,30-/m1/s1. The number of carbonyl (C=O) groups excluding carboxylic acids is 1. The second-order valence-electron chi connectivity index (χ2n) is 9.99. The summed E-state index contributed by atoms with van der Waals surface area (Å²) in [5, 5.41) is 10.9. The molecule has 0 aromatic heterocycles. The van der Waals surface area contributed by atoms with Crippen molar-refractivity contribution in [3.05, 3.63) is 100 Å². The molecule has 0 bridgehead atoms. The van der Waals surface area contributed by atoms with Crippen molar-refractivity contribution in [3.63, 3.8) is 0 Å². The van der Waals surface area contributed by atoms with Crippen LogP contribution in [0.5, 0.6) is 0 Å². The Labute approximate surface area is 233 Å². The van der Waals surface area contributed by atoms with Crippen LogP contribution in [0.3, 0.4) is 0 Å². The molecule has 39 heavy (non-hydrogen) atoms. The zero-order valence-electron chi connectivity index (χ0n) is 22.1. The predicted octanol–water partition coefficient (Wildman–Crippen LogP) is 6.86. The minimum atomic E-state index is -1.05. The molecule has 3 aromatic carbocycles. The quantitative estimate of drug-likeness (QED) is 0.297. The van der Waals surface area contributed by atoms with E-state index in [1.807, 2.05) is 49.1 Å². The summed E-state index contributed by atoms with van der Waals surface area (Å²) in [6.45, 7) is 4.73. The molecule has 0 aliphatic carbocycles. The molecule has 0 saturated carbocycles. The van der Waals surface area contributed by atoms with E-state index in [9.17, 15) is 23.5 Å². The van der Waals surface area contributed by atoms with Gasteiger partial charge in [-0.05, 0) is 59.9 Å². The van der Waals surface area contributed by atoms with Gasteiger partial charge in [0.2, 0.25) is 5.91 Å². The molecule has 1 heterocycles. The van der Waals surface area contributed by atoms with Crippen LogP contribution in [0.1, 0.15) is 55.3 Å². The molecular weight excluding hydrogens is 522 g/mol. The number of nitrogens with zero attached hydrogens (tertiary/aromatic N) is 2. The van der Waals surface area contributed by atoms with E-state index >= 15 is 0 Å². The zero-order valence-corrected chi connectivity index (χ0v) is 22.9. The third kappa shape index (κ3) is 6.48. The molecule has 3 aromatic rings. The third-order valence-corrected chi connectivity index (χ3v) is 7.71. The van der Waals surface area contributed by atoms with Crippen molar-refractivity contribution in [1.82, 2.24) is 4.90 Å². The summed E-state index contributed by atoms with van der Waals surface area (Å²) in [6, 6.07) is 17.7. The van der Waals surface area contributed by atoms with E-state index < -0.39 is 35.5 Å². The molecular formula is C31H33ClF2N2O3. The average Bonchev–Trinajstić information content (AvgIpc) is 3.30. The van der Waals surface area contributed by atoms with Crippen LogP contribution < -0.4 is 4.90 Å². The van der Waals surface area contributed by atoms with Gasteiger partial charge in [0.15, 0.2) is 11.6 Å². The minimum Gasteiger partial charge on any atom is -0.481 e. The Balaban J connectivity index is 1.73. The summed E-state index contributed by atoms with van der Waals surface area (Å²) in [5.74, 6) is -4.86. The number of carbonyl (C=O) groups is 2. The highest BCUT2D eigenvalue weighted by Crippen LogP contribution is 2.46. The maximum absolute atomic E-state index is 14.2. The monoisotopic (exact) mass is 554 g/mol. The van der Waals surface area contributed by atoms with Crippen LogP contribution in [-0.4, -0.2) is 41.5 Å². The molecule has 0 radical (unpaired) electrons. The van der Waals surface area contributed by atoms with Crippen LogP contribution >= 0.6 is 11.6 Å². The molecule has 5 nitrogen and oxygen atoms in total. The maximum Gasteiger partial charge on any atom is 0.309 e. The summed E-state index contributed by atoms with van der Waals surface area (Å²) >= 11 is 6.22. The van der Waals surface area contributed by atoms with E-state index in [-0.39, 0.29) is 19.0 Å². The Kier molecular flexibility index (Phi) is 9.36. The Bertz CT molecular complexity index is 1320. The van der Waals surface area contributed by atoms with Gasteiger partial charge in [0.1, 0.15) is 0 Å². The van der Waals surface area contributed by atoms with Gasteiger partial charge in [0.25, 0.3) is 0 Å². The smallest absolute Gasteiger partial charge is 0.309 e. The number of unbranched alkanes of at least 4 members (excludes halogenated alkanes) is 1. The first-order valence-corrected chi connectivity index (χ1v) is 13.7. The van der Waals surface area contributed by atoms with Gasteiger partial charge in [-0.2, -0.15) is 0 Å². The molecule has 0 spiro atoms. The van der Waals surface area contributed by atoms with Gasteiger partial charge in [0, 0.05) is 35.8 Å². The van der Waals surface area contributed by atoms with Crippen LogP contribution in [0.2, 0.25) is 5.02 Å². The van der Waals surface area contributed by atoms with E-state index in [0.29, 0.717) is 22.8 Å². The lowest BCUT2D eigenvalue weighted by molar-refractivity contribution is -0.143. The fraction of sp³-hybridized carbons (Fsp3) is 0.355. The second kappa shape index (κ2) is 12.7. The topological polar surface area (TPSA) is 60.9 Å². The lowest BCUT2D eigenvalue weighted by Gasteiger charge is -2.30. The summed E-state index contributed by atoms with van der Waals surface area (Å²) < 4.78 is 27.9. The van der Waals surface area contributed by atoms with Crippen molar-refractivity contribution in [2.24, 2.45) is 5.92 Å². The van der Waals surface area contributed by atoms with Crippen molar-refractivity contribution in [1.29, 1.82) is 0 Å². The Hall–Kier alpha value is -3.29. The van der Waals surface area contributed by atoms with Crippen molar-refractivity contribution < 1.29 is 23.5 Å². The van der Waals surface area contributed by atoms with Gasteiger partial charge in [-0.1, -0.05) is 68.3 Å². The molecule has 4 rings (SSSR count). The van der Waals surface area contributed by atoms with Crippen molar-refractivity contribution in [2.45, 2.75) is 45.1 Å². The largest absolute Gasteiger partial charge is 0.481 e. The number of carboxylic acid groups (broad SMARTS) is 1. The van der Waals surface area contributed by atoms with Gasteiger partial charge in [-0.25, -0.2) is 8.78 Å². The summed E-state index contributed by atoms with van der Waals surface area (Å²) in [6.07, 6.45) is 2.51. The molecule has 1 N–H and O–H groups in total. The number of halogens is 3. The van der Waals surface area contributed by atoms with Crippen LogP contribution in [0.15, 0.2) is 66.7 Å². The van der Waals surface area contributed by atoms with Gasteiger partial charge >= 0.3 is 5.97 Å². The van der Waals surface area contributed by atoms with E-state index in [0.717, 1.165) is 42.5 Å². The Morgan fingerprint density at radius 1 is 1.00 bits per heavy atom. The summed E-state index contributed by atoms with van der Waals surface area (Å²) in [7, 11) is 0. The summed E-state index contributed by atoms with van der Waals surface area (Å²) in [5.41, 5.74) is 2.94. The van der Waals surface area contributed by atoms with E-state index in [1.165, 1.54) is 6.07 Å². The SMILES string of the molecule is CCCCN(C(=O)CN1C[C@H](c2ccc(F)c(F)c2)[C@H](C(=O)O)[C@H]1c1ccc(CC)cc1)c1cccc(Cl)c1. The molecule has 1 fully saturated rings. The number of likely N-dealkylation sites (tertiary alicyclic amines) is 1. The lowest BCUT2D eigenvalue weighted by atomic mass is 9.82. The highest BCUT2D eigenvalue weighted by Gasteiger charge is 2.48. The van der Waals surface area contributed by atoms with Crippen molar-refractivity contribution >= 4 is 29.2 Å². The van der Waals surface area contributed by atoms with E-state index in [2.05, 4.69) is 0 Å². The summed E-state index contributed by atoms with van der Waals surface area (Å²) in [4.78, 5) is 30.0. The number of rotatable bonds is 10. The average molecular weight is 555 g/mol. The van der Waals surface area contributed by atoms with Crippen molar-refractivity contribution in [2.75, 3.05) is 24.5 Å². The molecule has 1 aliphatic heterocycles. The number of benzene rings is 3. The molecule has 206 valence electrons. The molecule has 1 saturated heterocycles. The van der Waals surface area contributed by atoms with Crippen LogP contribution in [0, 0.1) is 17.6 Å². The van der Waals surface area contributed by atoms with E-state index in [4.69, 9.17) is 11.6 Å². The highest BCUT2D eigenvalue weighted by molar-refractivity contribution is 6.30. The molecule has 8 heteroatoms. The predicted molar refractivity (Wildman–Crippen MR) is 149 cm³/mol. The van der Waals surface area contributed by atoms with Crippen LogP contribution in [0.4, 0.5) is 14.5 Å². The fourth-order valence-electron chi connectivity index (χ4n) is 5.44. The van der Waals surface area contributed by atoms with Crippen molar-refractivity contribution in [3.8, 4) is 0 Å². The van der Waals surface area contributed by atoms with Crippen LogP contribution in [0.25, 0.3) is 0 Å². The number of hydrogen-bond donors (Lipinski definition) is 1. The second-order valence-corrected chi connectivity index (χ2v) is 10.4. The Morgan fingerprint density at radius 2 is 1.72 bits per heavy atom. The lowest BCUT2D eigenvalue weighted by Crippen LogP contribution is -2.41. The van der Waals surface area contributed by atoms with Gasteiger partial charge in [-0.15, -0.1) is 0 Å². The molecule has 1 amide bonds. The van der Waals surface area contributed by atoms with Crippen LogP contribution in [-0.2, 0) is 16.0 Å². The zero-order chi connectivity index (χ0) is 28.1. The van der Waals surface area contributed by atoms with Gasteiger partial charge in [-0.3, -0.25) is 14.5 Å². The Morgan fingerprint density at radius 3 is 2.33 bits per heavy atom. The fourth-order valence-corrected chi connectivity index (χ4v) is 5.62. The number of aryl methyl sites for hydroxylation is 1. The first kappa shape index (κ1) is 28.7. The molecule has 1 aliphatic rings. The minimum absolute atomic E-state index is 0.0413. The molecule has 3 atom stereocenters. The third-order valence-electron chi connectivity index (χ3n) is 7.48.